The van der Waals surface area contributed by atoms with Gasteiger partial charge in [-0.05, 0) is 66.1 Å². The molecule has 0 amide bonds. The first kappa shape index (κ1) is 10.2. The molecule has 0 heterocycles. The van der Waals surface area contributed by atoms with Crippen LogP contribution in [0.3, 0.4) is 0 Å². The van der Waals surface area contributed by atoms with Crippen molar-refractivity contribution in [3.8, 4) is 0 Å². The van der Waals surface area contributed by atoms with E-state index in [1.165, 1.54) is 3.57 Å². The molecular weight excluding hydrogens is 289 g/mol. The number of rotatable bonds is 2. The first-order valence-corrected chi connectivity index (χ1v) is 6.04. The fraction of sp³-hybridized carbons (Fsp3) is 0.455. The zero-order valence-electron chi connectivity index (χ0n) is 7.91. The summed E-state index contributed by atoms with van der Waals surface area (Å²) in [7, 11) is 0. The molecule has 2 atom stereocenters. The van der Waals surface area contributed by atoms with Crippen molar-refractivity contribution in [1.29, 1.82) is 0 Å². The SMILES string of the molecule is OC1CCCC1Nc1ccc(I)cc1. The van der Waals surface area contributed by atoms with Gasteiger partial charge in [0.2, 0.25) is 0 Å². The van der Waals surface area contributed by atoms with Crippen LogP contribution in [0.2, 0.25) is 0 Å². The molecule has 3 heteroatoms. The predicted molar refractivity (Wildman–Crippen MR) is 66.4 cm³/mol. The van der Waals surface area contributed by atoms with Gasteiger partial charge in [-0.1, -0.05) is 0 Å². The van der Waals surface area contributed by atoms with E-state index in [0.29, 0.717) is 0 Å². The van der Waals surface area contributed by atoms with Crippen molar-refractivity contribution in [2.24, 2.45) is 0 Å². The van der Waals surface area contributed by atoms with E-state index >= 15 is 0 Å². The topological polar surface area (TPSA) is 32.3 Å². The van der Waals surface area contributed by atoms with Crippen LogP contribution in [0.4, 0.5) is 5.69 Å². The monoisotopic (exact) mass is 303 g/mol. The van der Waals surface area contributed by atoms with Gasteiger partial charge in [-0.15, -0.1) is 0 Å². The largest absolute Gasteiger partial charge is 0.391 e. The van der Waals surface area contributed by atoms with E-state index in [-0.39, 0.29) is 12.1 Å². The number of hydrogen-bond acceptors (Lipinski definition) is 2. The first-order chi connectivity index (χ1) is 6.75. The molecule has 0 radical (unpaired) electrons. The molecule has 0 saturated heterocycles. The van der Waals surface area contributed by atoms with Crippen LogP contribution in [-0.2, 0) is 0 Å². The molecule has 0 spiro atoms. The Bertz CT molecular complexity index is 299. The maximum absolute atomic E-state index is 9.64. The lowest BCUT2D eigenvalue weighted by molar-refractivity contribution is 0.172. The average molecular weight is 303 g/mol. The second-order valence-electron chi connectivity index (χ2n) is 3.76. The Morgan fingerprint density at radius 2 is 1.93 bits per heavy atom. The lowest BCUT2D eigenvalue weighted by atomic mass is 10.2. The van der Waals surface area contributed by atoms with Crippen molar-refractivity contribution < 1.29 is 5.11 Å². The Morgan fingerprint density at radius 3 is 2.50 bits per heavy atom. The summed E-state index contributed by atoms with van der Waals surface area (Å²) in [5.41, 5.74) is 1.11. The van der Waals surface area contributed by atoms with Gasteiger partial charge in [-0.2, -0.15) is 0 Å². The summed E-state index contributed by atoms with van der Waals surface area (Å²) in [4.78, 5) is 0. The zero-order chi connectivity index (χ0) is 9.97. The highest BCUT2D eigenvalue weighted by Gasteiger charge is 2.24. The minimum absolute atomic E-state index is 0.172. The fourth-order valence-corrected chi connectivity index (χ4v) is 2.23. The molecule has 1 aliphatic rings. The lowest BCUT2D eigenvalue weighted by Crippen LogP contribution is -2.27. The second-order valence-corrected chi connectivity index (χ2v) is 5.00. The van der Waals surface area contributed by atoms with Crippen LogP contribution in [0.25, 0.3) is 0 Å². The Hall–Kier alpha value is -0.290. The molecule has 1 fully saturated rings. The molecule has 14 heavy (non-hydrogen) atoms. The predicted octanol–water partition coefficient (Wildman–Crippen LogP) is 2.62. The summed E-state index contributed by atoms with van der Waals surface area (Å²) in [5.74, 6) is 0. The standard InChI is InChI=1S/C11H14INO/c12-8-4-6-9(7-5-8)13-10-2-1-3-11(10)14/h4-7,10-11,13-14H,1-3H2. The van der Waals surface area contributed by atoms with Crippen LogP contribution in [0.5, 0.6) is 0 Å². The zero-order valence-corrected chi connectivity index (χ0v) is 10.1. The van der Waals surface area contributed by atoms with E-state index in [0.717, 1.165) is 24.9 Å². The minimum Gasteiger partial charge on any atom is -0.391 e. The van der Waals surface area contributed by atoms with Gasteiger partial charge in [-0.3, -0.25) is 0 Å². The fourth-order valence-electron chi connectivity index (χ4n) is 1.87. The van der Waals surface area contributed by atoms with Gasteiger partial charge in [0, 0.05) is 9.26 Å². The lowest BCUT2D eigenvalue weighted by Gasteiger charge is -2.17. The molecule has 2 nitrogen and oxygen atoms in total. The third kappa shape index (κ3) is 2.39. The normalized spacial score (nSPS) is 26.4. The number of anilines is 1. The molecule has 0 aliphatic heterocycles. The number of benzene rings is 1. The molecule has 1 aliphatic carbocycles. The van der Waals surface area contributed by atoms with Crippen molar-refractivity contribution in [3.63, 3.8) is 0 Å². The number of halogens is 1. The maximum atomic E-state index is 9.64. The molecule has 2 N–H and O–H groups in total. The third-order valence-corrected chi connectivity index (χ3v) is 3.39. The first-order valence-electron chi connectivity index (χ1n) is 4.96. The Kier molecular flexibility index (Phi) is 3.28. The summed E-state index contributed by atoms with van der Waals surface area (Å²) >= 11 is 2.29. The van der Waals surface area contributed by atoms with Gasteiger partial charge in [0.15, 0.2) is 0 Å². The number of hydrogen-bond donors (Lipinski definition) is 2. The maximum Gasteiger partial charge on any atom is 0.0741 e. The molecule has 2 rings (SSSR count). The van der Waals surface area contributed by atoms with Crippen molar-refractivity contribution in [2.75, 3.05) is 5.32 Å². The number of aliphatic hydroxyl groups is 1. The molecule has 76 valence electrons. The third-order valence-electron chi connectivity index (χ3n) is 2.68. The Labute approximate surface area is 97.9 Å². The van der Waals surface area contributed by atoms with Crippen molar-refractivity contribution >= 4 is 28.3 Å². The molecule has 1 aromatic carbocycles. The Balaban J connectivity index is 2.00. The van der Waals surface area contributed by atoms with Gasteiger partial charge >= 0.3 is 0 Å². The molecular formula is C11H14INO. The van der Waals surface area contributed by atoms with Crippen molar-refractivity contribution in [1.82, 2.24) is 0 Å². The van der Waals surface area contributed by atoms with Crippen LogP contribution < -0.4 is 5.32 Å². The van der Waals surface area contributed by atoms with Gasteiger partial charge < -0.3 is 10.4 Å². The van der Waals surface area contributed by atoms with Crippen LogP contribution >= 0.6 is 22.6 Å². The van der Waals surface area contributed by atoms with E-state index in [4.69, 9.17) is 0 Å². The van der Waals surface area contributed by atoms with E-state index in [9.17, 15) is 5.11 Å². The second kappa shape index (κ2) is 4.49. The number of aliphatic hydroxyl groups excluding tert-OH is 1. The smallest absolute Gasteiger partial charge is 0.0741 e. The summed E-state index contributed by atoms with van der Waals surface area (Å²) in [5, 5.41) is 13.0. The van der Waals surface area contributed by atoms with Gasteiger partial charge in [0.1, 0.15) is 0 Å². The van der Waals surface area contributed by atoms with E-state index in [1.807, 2.05) is 0 Å². The van der Waals surface area contributed by atoms with Gasteiger partial charge in [-0.25, -0.2) is 0 Å². The summed E-state index contributed by atoms with van der Waals surface area (Å²) in [6.07, 6.45) is 2.97. The van der Waals surface area contributed by atoms with Crippen molar-refractivity contribution in [2.45, 2.75) is 31.4 Å². The average Bonchev–Trinajstić information content (AvgIpc) is 2.56. The van der Waals surface area contributed by atoms with Crippen LogP contribution in [0.1, 0.15) is 19.3 Å². The van der Waals surface area contributed by atoms with E-state index in [2.05, 4.69) is 52.2 Å². The van der Waals surface area contributed by atoms with Crippen LogP contribution in [0.15, 0.2) is 24.3 Å². The van der Waals surface area contributed by atoms with Crippen LogP contribution in [0, 0.1) is 3.57 Å². The highest BCUT2D eigenvalue weighted by molar-refractivity contribution is 14.1. The quantitative estimate of drug-likeness (QED) is 0.823. The van der Waals surface area contributed by atoms with Gasteiger partial charge in [0.05, 0.1) is 12.1 Å². The molecule has 0 aromatic heterocycles. The number of nitrogens with one attached hydrogen (secondary N) is 1. The Morgan fingerprint density at radius 1 is 1.21 bits per heavy atom. The molecule has 1 aromatic rings. The minimum atomic E-state index is -0.172. The summed E-state index contributed by atoms with van der Waals surface area (Å²) in [6, 6.07) is 8.52. The molecule has 2 unspecified atom stereocenters. The highest BCUT2D eigenvalue weighted by Crippen LogP contribution is 2.23. The van der Waals surface area contributed by atoms with Crippen LogP contribution in [-0.4, -0.2) is 17.3 Å². The van der Waals surface area contributed by atoms with E-state index < -0.39 is 0 Å². The molecule has 1 saturated carbocycles. The summed E-state index contributed by atoms with van der Waals surface area (Å²) < 4.78 is 1.24. The van der Waals surface area contributed by atoms with Crippen molar-refractivity contribution in [3.05, 3.63) is 27.8 Å². The highest BCUT2D eigenvalue weighted by atomic mass is 127. The molecule has 0 bridgehead atoms. The van der Waals surface area contributed by atoms with E-state index in [1.54, 1.807) is 0 Å². The summed E-state index contributed by atoms with van der Waals surface area (Å²) in [6.45, 7) is 0. The van der Waals surface area contributed by atoms with Gasteiger partial charge in [0.25, 0.3) is 0 Å².